The molecule has 176 valence electrons. The lowest BCUT2D eigenvalue weighted by Gasteiger charge is -2.32. The molecule has 2 aromatic rings. The second-order valence-electron chi connectivity index (χ2n) is 7.92. The van der Waals surface area contributed by atoms with E-state index in [1.165, 1.54) is 0 Å². The van der Waals surface area contributed by atoms with Crippen LogP contribution in [-0.2, 0) is 20.4 Å². The Morgan fingerprint density at radius 2 is 1.82 bits per heavy atom. The fraction of sp³-hybridized carbons (Fsp3) is 0.381. The van der Waals surface area contributed by atoms with Gasteiger partial charge in [-0.25, -0.2) is 13.6 Å². The highest BCUT2D eigenvalue weighted by Crippen LogP contribution is 2.42. The lowest BCUT2D eigenvalue weighted by Crippen LogP contribution is -2.45. The third kappa shape index (κ3) is 4.86. The largest absolute Gasteiger partial charge is 0.486 e. The normalized spacial score (nSPS) is 16.8. The molecule has 33 heavy (non-hydrogen) atoms. The number of primary sulfonamides is 1. The molecule has 1 fully saturated rings. The second kappa shape index (κ2) is 8.87. The van der Waals surface area contributed by atoms with Crippen molar-refractivity contribution in [3.05, 3.63) is 52.1 Å². The van der Waals surface area contributed by atoms with Gasteiger partial charge in [-0.15, -0.1) is 0 Å². The minimum Gasteiger partial charge on any atom is -0.486 e. The molecule has 1 aliphatic carbocycles. The van der Waals surface area contributed by atoms with E-state index in [-0.39, 0.29) is 5.75 Å². The number of carbonyl (C=O) groups excluding carboxylic acids is 1. The molecule has 1 aliphatic heterocycles. The highest BCUT2D eigenvalue weighted by atomic mass is 32.2. The zero-order valence-electron chi connectivity index (χ0n) is 17.6. The van der Waals surface area contributed by atoms with E-state index in [1.807, 2.05) is 18.2 Å². The van der Waals surface area contributed by atoms with Crippen LogP contribution < -0.4 is 24.7 Å². The van der Waals surface area contributed by atoms with Crippen LogP contribution in [0.2, 0.25) is 0 Å². The summed E-state index contributed by atoms with van der Waals surface area (Å²) in [7, 11) is -4.13. The van der Waals surface area contributed by atoms with Crippen LogP contribution in [0.1, 0.15) is 31.2 Å². The van der Waals surface area contributed by atoms with E-state index in [4.69, 9.17) is 19.3 Å². The topological polar surface area (TPSA) is 160 Å². The standard InChI is InChI=1S/C21H23N3O8S/c22-33(28,29)15-4-6-17(16(12-15)24(26)27)32-13-20(25)23-21(7-1-2-8-21)14-3-5-18-19(11-14)31-10-9-30-18/h3-6,11-12H,1-2,7-10,13H2,(H,23,25)(H2,22,28,29). The van der Waals surface area contributed by atoms with Gasteiger partial charge in [-0.05, 0) is 42.7 Å². The number of rotatable bonds is 7. The molecule has 0 saturated heterocycles. The number of nitrogens with one attached hydrogen (secondary N) is 1. The highest BCUT2D eigenvalue weighted by Gasteiger charge is 2.38. The summed E-state index contributed by atoms with van der Waals surface area (Å²) in [5.41, 5.74) is -0.322. The first-order valence-electron chi connectivity index (χ1n) is 10.3. The average molecular weight is 477 g/mol. The van der Waals surface area contributed by atoms with Gasteiger partial charge in [0, 0.05) is 6.07 Å². The first-order valence-corrected chi connectivity index (χ1v) is 11.9. The molecule has 11 nitrogen and oxygen atoms in total. The van der Waals surface area contributed by atoms with E-state index in [0.717, 1.165) is 49.4 Å². The number of nitrogens with two attached hydrogens (primary N) is 1. The van der Waals surface area contributed by atoms with Gasteiger partial charge in [0.15, 0.2) is 23.9 Å². The van der Waals surface area contributed by atoms with E-state index in [9.17, 15) is 23.3 Å². The van der Waals surface area contributed by atoms with Gasteiger partial charge in [0.05, 0.1) is 15.4 Å². The van der Waals surface area contributed by atoms with Crippen LogP contribution in [0.3, 0.4) is 0 Å². The van der Waals surface area contributed by atoms with Gasteiger partial charge in [0.2, 0.25) is 10.0 Å². The predicted octanol–water partition coefficient (Wildman–Crippen LogP) is 1.98. The number of hydrogen-bond acceptors (Lipinski definition) is 8. The molecule has 12 heteroatoms. The molecule has 0 radical (unpaired) electrons. The second-order valence-corrected chi connectivity index (χ2v) is 9.48. The van der Waals surface area contributed by atoms with Crippen molar-refractivity contribution in [2.24, 2.45) is 5.14 Å². The average Bonchev–Trinajstić information content (AvgIpc) is 3.26. The van der Waals surface area contributed by atoms with Crippen molar-refractivity contribution >= 4 is 21.6 Å². The number of nitrogens with zero attached hydrogens (tertiary/aromatic N) is 1. The molecule has 0 atom stereocenters. The van der Waals surface area contributed by atoms with Gasteiger partial charge in [0.25, 0.3) is 5.91 Å². The highest BCUT2D eigenvalue weighted by molar-refractivity contribution is 7.89. The van der Waals surface area contributed by atoms with Crippen molar-refractivity contribution in [2.45, 2.75) is 36.1 Å². The molecule has 1 heterocycles. The molecular formula is C21H23N3O8S. The smallest absolute Gasteiger partial charge is 0.312 e. The van der Waals surface area contributed by atoms with Crippen molar-refractivity contribution in [1.29, 1.82) is 0 Å². The van der Waals surface area contributed by atoms with Gasteiger partial charge in [-0.3, -0.25) is 14.9 Å². The van der Waals surface area contributed by atoms with Gasteiger partial charge in [-0.2, -0.15) is 0 Å². The Morgan fingerprint density at radius 1 is 1.12 bits per heavy atom. The summed E-state index contributed by atoms with van der Waals surface area (Å²) in [6.07, 6.45) is 3.30. The molecule has 0 unspecified atom stereocenters. The van der Waals surface area contributed by atoms with Crippen molar-refractivity contribution in [2.75, 3.05) is 19.8 Å². The Morgan fingerprint density at radius 3 is 2.48 bits per heavy atom. The summed E-state index contributed by atoms with van der Waals surface area (Å²) >= 11 is 0. The summed E-state index contributed by atoms with van der Waals surface area (Å²) in [5, 5.41) is 19.4. The number of carbonyl (C=O) groups is 1. The molecule has 3 N–H and O–H groups in total. The van der Waals surface area contributed by atoms with E-state index in [2.05, 4.69) is 5.32 Å². The zero-order chi connectivity index (χ0) is 23.6. The number of fused-ring (bicyclic) bond motifs is 1. The van der Waals surface area contributed by atoms with Crippen LogP contribution in [-0.4, -0.2) is 39.1 Å². The van der Waals surface area contributed by atoms with E-state index in [1.54, 1.807) is 0 Å². The number of nitro groups is 1. The summed E-state index contributed by atoms with van der Waals surface area (Å²) in [6, 6.07) is 8.59. The monoisotopic (exact) mass is 477 g/mol. The molecular weight excluding hydrogens is 454 g/mol. The van der Waals surface area contributed by atoms with Gasteiger partial charge >= 0.3 is 5.69 Å². The lowest BCUT2D eigenvalue weighted by atomic mass is 9.87. The van der Waals surface area contributed by atoms with Crippen LogP contribution >= 0.6 is 0 Å². The van der Waals surface area contributed by atoms with Gasteiger partial charge in [-0.1, -0.05) is 18.9 Å². The van der Waals surface area contributed by atoms with Crippen molar-refractivity contribution in [3.8, 4) is 17.2 Å². The summed E-state index contributed by atoms with van der Waals surface area (Å²) in [4.78, 5) is 22.9. The number of ether oxygens (including phenoxy) is 3. The number of hydrogen-bond donors (Lipinski definition) is 2. The minimum absolute atomic E-state index is 0.234. The predicted molar refractivity (Wildman–Crippen MR) is 116 cm³/mol. The van der Waals surface area contributed by atoms with Crippen LogP contribution in [0, 0.1) is 10.1 Å². The quantitative estimate of drug-likeness (QED) is 0.452. The molecule has 0 spiro atoms. The molecule has 2 aliphatic rings. The first-order chi connectivity index (χ1) is 15.7. The minimum atomic E-state index is -4.13. The Hall–Kier alpha value is -3.38. The number of benzene rings is 2. The summed E-state index contributed by atoms with van der Waals surface area (Å²) in [6.45, 7) is 0.449. The number of amides is 1. The maximum atomic E-state index is 12.8. The first kappa shape index (κ1) is 22.8. The van der Waals surface area contributed by atoms with E-state index in [0.29, 0.717) is 24.7 Å². The van der Waals surface area contributed by atoms with Gasteiger partial charge in [0.1, 0.15) is 13.2 Å². The van der Waals surface area contributed by atoms with Crippen molar-refractivity contribution < 1.29 is 32.3 Å². The van der Waals surface area contributed by atoms with Crippen LogP contribution in [0.25, 0.3) is 0 Å². The van der Waals surface area contributed by atoms with Crippen LogP contribution in [0.4, 0.5) is 5.69 Å². The van der Waals surface area contributed by atoms with E-state index < -0.39 is 43.6 Å². The fourth-order valence-electron chi connectivity index (χ4n) is 4.19. The summed E-state index contributed by atoms with van der Waals surface area (Å²) < 4.78 is 39.6. The maximum Gasteiger partial charge on any atom is 0.312 e. The number of nitro benzene ring substituents is 1. The third-order valence-corrected chi connectivity index (χ3v) is 6.66. The Balaban J connectivity index is 1.50. The van der Waals surface area contributed by atoms with E-state index >= 15 is 0 Å². The van der Waals surface area contributed by atoms with Crippen LogP contribution in [0.15, 0.2) is 41.3 Å². The molecule has 1 amide bonds. The molecule has 0 aromatic heterocycles. The maximum absolute atomic E-state index is 12.8. The Kier molecular flexibility index (Phi) is 6.13. The molecule has 0 bridgehead atoms. The molecule has 2 aromatic carbocycles. The zero-order valence-corrected chi connectivity index (χ0v) is 18.4. The lowest BCUT2D eigenvalue weighted by molar-refractivity contribution is -0.386. The van der Waals surface area contributed by atoms with Crippen molar-refractivity contribution in [3.63, 3.8) is 0 Å². The summed E-state index contributed by atoms with van der Waals surface area (Å²) in [5.74, 6) is 0.586. The molecule has 1 saturated carbocycles. The third-order valence-electron chi connectivity index (χ3n) is 5.74. The number of sulfonamides is 1. The molecule has 4 rings (SSSR count). The SMILES string of the molecule is NS(=O)(=O)c1ccc(OCC(=O)NC2(c3ccc4c(c3)OCCO4)CCCC2)c([N+](=O)[O-])c1. The Labute approximate surface area is 190 Å². The van der Waals surface area contributed by atoms with Crippen LogP contribution in [0.5, 0.6) is 17.2 Å². The Bertz CT molecular complexity index is 1190. The van der Waals surface area contributed by atoms with Crippen molar-refractivity contribution in [1.82, 2.24) is 5.32 Å². The van der Waals surface area contributed by atoms with Gasteiger partial charge < -0.3 is 19.5 Å². The fourth-order valence-corrected chi connectivity index (χ4v) is 4.72.